The Labute approximate surface area is 143 Å². The maximum absolute atomic E-state index is 12.2. The third kappa shape index (κ3) is 3.83. The Kier molecular flexibility index (Phi) is 5.30. The quantitative estimate of drug-likeness (QED) is 0.780. The van der Waals surface area contributed by atoms with Crippen molar-refractivity contribution < 1.29 is 19.1 Å². The maximum atomic E-state index is 12.2. The summed E-state index contributed by atoms with van der Waals surface area (Å²) < 4.78 is 10.9. The number of carbonyl (C=O) groups excluding carboxylic acids is 2. The highest BCUT2D eigenvalue weighted by atomic mass is 35.5. The summed E-state index contributed by atoms with van der Waals surface area (Å²) in [4.78, 5) is 27.8. The first kappa shape index (κ1) is 18.1. The van der Waals surface area contributed by atoms with E-state index in [1.54, 1.807) is 4.90 Å². The summed E-state index contributed by atoms with van der Waals surface area (Å²) in [5.41, 5.74) is -0.514. The van der Waals surface area contributed by atoms with Crippen molar-refractivity contribution in [3.8, 4) is 0 Å². The summed E-state index contributed by atoms with van der Waals surface area (Å²) in [7, 11) is 0. The van der Waals surface area contributed by atoms with Gasteiger partial charge in [-0.3, -0.25) is 4.90 Å². The zero-order valence-corrected chi connectivity index (χ0v) is 14.7. The average molecular weight is 348 g/mol. The molecule has 0 spiro atoms. The highest BCUT2D eigenvalue weighted by Crippen LogP contribution is 2.31. The second kappa shape index (κ2) is 6.73. The minimum absolute atomic E-state index is 0. The fourth-order valence-electron chi connectivity index (χ4n) is 3.45. The lowest BCUT2D eigenvalue weighted by molar-refractivity contribution is 0.0238. The van der Waals surface area contributed by atoms with Gasteiger partial charge in [0.1, 0.15) is 11.7 Å². The van der Waals surface area contributed by atoms with Crippen molar-refractivity contribution in [2.24, 2.45) is 0 Å². The summed E-state index contributed by atoms with van der Waals surface area (Å²) in [5, 5.41) is 3.30. The lowest BCUT2D eigenvalue weighted by atomic mass is 10.0. The van der Waals surface area contributed by atoms with Gasteiger partial charge in [-0.15, -0.1) is 12.4 Å². The van der Waals surface area contributed by atoms with E-state index in [1.807, 2.05) is 25.7 Å². The second-order valence-electron chi connectivity index (χ2n) is 7.26. The lowest BCUT2D eigenvalue weighted by Gasteiger charge is -2.33. The fraction of sp³-hybridized carbons (Fsp3) is 0.867. The van der Waals surface area contributed by atoms with Gasteiger partial charge in [-0.2, -0.15) is 0 Å². The van der Waals surface area contributed by atoms with Crippen LogP contribution in [0.2, 0.25) is 0 Å². The van der Waals surface area contributed by atoms with Crippen LogP contribution in [-0.4, -0.2) is 72.0 Å². The Morgan fingerprint density at radius 2 is 1.91 bits per heavy atom. The van der Waals surface area contributed by atoms with E-state index in [4.69, 9.17) is 9.47 Å². The van der Waals surface area contributed by atoms with Gasteiger partial charge in [0.2, 0.25) is 0 Å². The van der Waals surface area contributed by atoms with Crippen LogP contribution in [0.5, 0.6) is 0 Å². The number of likely N-dealkylation sites (tertiary alicyclic amines) is 1. The molecule has 0 aromatic rings. The van der Waals surface area contributed by atoms with Crippen molar-refractivity contribution in [2.45, 2.75) is 57.4 Å². The van der Waals surface area contributed by atoms with Crippen molar-refractivity contribution in [3.63, 3.8) is 0 Å². The van der Waals surface area contributed by atoms with Crippen LogP contribution in [0.15, 0.2) is 0 Å². The summed E-state index contributed by atoms with van der Waals surface area (Å²) in [6.45, 7) is 8.31. The molecule has 3 rings (SSSR count). The van der Waals surface area contributed by atoms with Crippen molar-refractivity contribution in [2.75, 3.05) is 26.2 Å². The van der Waals surface area contributed by atoms with Crippen LogP contribution in [0.1, 0.15) is 33.6 Å². The van der Waals surface area contributed by atoms with Crippen molar-refractivity contribution in [3.05, 3.63) is 0 Å². The summed E-state index contributed by atoms with van der Waals surface area (Å²) >= 11 is 0. The highest BCUT2D eigenvalue weighted by Gasteiger charge is 2.51. The number of carbonyl (C=O) groups is 2. The van der Waals surface area contributed by atoms with E-state index in [0.29, 0.717) is 13.1 Å². The first-order chi connectivity index (χ1) is 10.3. The Balaban J connectivity index is 0.00000192. The Bertz CT molecular complexity index is 462. The maximum Gasteiger partial charge on any atom is 0.410 e. The van der Waals surface area contributed by atoms with Gasteiger partial charge < -0.3 is 19.7 Å². The molecule has 2 amide bonds. The second-order valence-corrected chi connectivity index (χ2v) is 7.26. The Morgan fingerprint density at radius 3 is 2.52 bits per heavy atom. The number of nitrogens with one attached hydrogen (secondary N) is 1. The smallest absolute Gasteiger partial charge is 0.410 e. The number of fused-ring (bicyclic) bond motifs is 1. The first-order valence-electron chi connectivity index (χ1n) is 8.03. The predicted octanol–water partition coefficient (Wildman–Crippen LogP) is 1.60. The van der Waals surface area contributed by atoms with Gasteiger partial charge in [0.25, 0.3) is 0 Å². The Morgan fingerprint density at radius 1 is 1.26 bits per heavy atom. The average Bonchev–Trinajstić information content (AvgIpc) is 2.94. The van der Waals surface area contributed by atoms with Gasteiger partial charge >= 0.3 is 12.2 Å². The molecule has 3 fully saturated rings. The summed E-state index contributed by atoms with van der Waals surface area (Å²) in [6.07, 6.45) is 1.08. The fourth-order valence-corrected chi connectivity index (χ4v) is 3.45. The Hall–Kier alpha value is -1.21. The molecule has 0 aromatic heterocycles. The summed E-state index contributed by atoms with van der Waals surface area (Å²) in [6, 6.07) is 0.172. The number of piperidine rings is 1. The van der Waals surface area contributed by atoms with E-state index in [9.17, 15) is 9.59 Å². The van der Waals surface area contributed by atoms with Gasteiger partial charge in [-0.1, -0.05) is 0 Å². The van der Waals surface area contributed by atoms with Gasteiger partial charge in [-0.05, 0) is 46.7 Å². The molecule has 0 radical (unpaired) electrons. The third-order valence-electron chi connectivity index (χ3n) is 4.41. The van der Waals surface area contributed by atoms with Crippen LogP contribution >= 0.6 is 12.4 Å². The molecule has 23 heavy (non-hydrogen) atoms. The van der Waals surface area contributed by atoms with E-state index < -0.39 is 5.60 Å². The van der Waals surface area contributed by atoms with E-state index in [2.05, 4.69) is 5.32 Å². The molecule has 3 aliphatic heterocycles. The normalized spacial score (nSPS) is 28.2. The zero-order valence-electron chi connectivity index (χ0n) is 13.9. The molecular formula is C15H26ClN3O4. The number of amides is 2. The molecule has 7 nitrogen and oxygen atoms in total. The van der Waals surface area contributed by atoms with E-state index >= 15 is 0 Å². The SMILES string of the molecule is CC(C)(C)OC(=O)N1C[C@@H]2OC(=O)N(C3CCNCC3)[C@@H]2C1.Cl. The molecule has 2 atom stereocenters. The number of rotatable bonds is 1. The monoisotopic (exact) mass is 347 g/mol. The van der Waals surface area contributed by atoms with Crippen LogP contribution in [0.25, 0.3) is 0 Å². The van der Waals surface area contributed by atoms with E-state index in [0.717, 1.165) is 25.9 Å². The summed E-state index contributed by atoms with van der Waals surface area (Å²) in [5.74, 6) is 0. The highest BCUT2D eigenvalue weighted by molar-refractivity contribution is 5.85. The standard InChI is InChI=1S/C15H25N3O4.ClH/c1-15(2,3)22-13(19)17-8-11-12(9-17)21-14(20)18(11)10-4-6-16-7-5-10;/h10-12,16H,4-9H2,1-3H3;1H/t11-,12+;/m1./s1. The van der Waals surface area contributed by atoms with Gasteiger partial charge in [0.15, 0.2) is 0 Å². The molecule has 3 aliphatic rings. The van der Waals surface area contributed by atoms with Crippen LogP contribution in [-0.2, 0) is 9.47 Å². The van der Waals surface area contributed by atoms with Crippen LogP contribution < -0.4 is 5.32 Å². The topological polar surface area (TPSA) is 71.1 Å². The van der Waals surface area contributed by atoms with Crippen molar-refractivity contribution in [1.82, 2.24) is 15.1 Å². The van der Waals surface area contributed by atoms with Crippen molar-refractivity contribution in [1.29, 1.82) is 0 Å². The molecule has 0 aliphatic carbocycles. The van der Waals surface area contributed by atoms with E-state index in [1.165, 1.54) is 0 Å². The van der Waals surface area contributed by atoms with Gasteiger partial charge in [0.05, 0.1) is 12.6 Å². The van der Waals surface area contributed by atoms with E-state index in [-0.39, 0.29) is 42.8 Å². The van der Waals surface area contributed by atoms with Gasteiger partial charge in [-0.25, -0.2) is 9.59 Å². The number of hydrogen-bond acceptors (Lipinski definition) is 5. The molecule has 3 saturated heterocycles. The predicted molar refractivity (Wildman–Crippen MR) is 86.8 cm³/mol. The minimum atomic E-state index is -0.514. The number of hydrogen-bond donors (Lipinski definition) is 1. The first-order valence-corrected chi connectivity index (χ1v) is 8.03. The molecule has 132 valence electrons. The molecule has 1 N–H and O–H groups in total. The molecule has 8 heteroatoms. The van der Waals surface area contributed by atoms with Crippen LogP contribution in [0, 0.1) is 0 Å². The van der Waals surface area contributed by atoms with Crippen molar-refractivity contribution >= 4 is 24.6 Å². The molecular weight excluding hydrogens is 322 g/mol. The lowest BCUT2D eigenvalue weighted by Crippen LogP contribution is -2.49. The van der Waals surface area contributed by atoms with Crippen LogP contribution in [0.3, 0.4) is 0 Å². The zero-order chi connectivity index (χ0) is 15.9. The number of halogens is 1. The van der Waals surface area contributed by atoms with Gasteiger partial charge in [0, 0.05) is 12.6 Å². The van der Waals surface area contributed by atoms with Crippen LogP contribution in [0.4, 0.5) is 9.59 Å². The third-order valence-corrected chi connectivity index (χ3v) is 4.41. The molecule has 0 unspecified atom stereocenters. The number of ether oxygens (including phenoxy) is 2. The largest absolute Gasteiger partial charge is 0.444 e. The molecule has 0 saturated carbocycles. The molecule has 0 aromatic carbocycles. The number of nitrogens with zero attached hydrogens (tertiary/aromatic N) is 2. The molecule has 3 heterocycles. The minimum Gasteiger partial charge on any atom is -0.444 e. The molecule has 0 bridgehead atoms.